The van der Waals surface area contributed by atoms with Gasteiger partial charge in [-0.2, -0.15) is 5.26 Å². The molecule has 7 heteroatoms. The van der Waals surface area contributed by atoms with Gasteiger partial charge >= 0.3 is 0 Å². The van der Waals surface area contributed by atoms with Crippen molar-refractivity contribution in [2.75, 3.05) is 18.6 Å². The van der Waals surface area contributed by atoms with Gasteiger partial charge in [0.15, 0.2) is 0 Å². The first-order valence-corrected chi connectivity index (χ1v) is 12.1. The normalized spacial score (nSPS) is 32.3. The van der Waals surface area contributed by atoms with E-state index in [1.165, 1.54) is 10.6 Å². The van der Waals surface area contributed by atoms with Crippen LogP contribution in [0.1, 0.15) is 29.5 Å². The number of guanidine groups is 1. The minimum Gasteiger partial charge on any atom is -0.368 e. The first-order valence-electron chi connectivity index (χ1n) is 10.0. The lowest BCUT2D eigenvalue weighted by atomic mass is 9.73. The molecule has 3 aliphatic rings. The van der Waals surface area contributed by atoms with E-state index in [4.69, 9.17) is 15.6 Å². The summed E-state index contributed by atoms with van der Waals surface area (Å²) >= 11 is 0. The van der Waals surface area contributed by atoms with Gasteiger partial charge in [-0.1, -0.05) is 24.3 Å². The molecule has 2 aliphatic heterocycles. The second-order valence-electron chi connectivity index (χ2n) is 8.60. The monoisotopic (exact) mass is 420 g/mol. The van der Waals surface area contributed by atoms with Crippen molar-refractivity contribution in [1.82, 2.24) is 5.06 Å². The van der Waals surface area contributed by atoms with Gasteiger partial charge in [-0.05, 0) is 69.5 Å². The van der Waals surface area contributed by atoms with Gasteiger partial charge in [0.2, 0.25) is 11.7 Å². The van der Waals surface area contributed by atoms with Crippen LogP contribution in [-0.2, 0) is 26.5 Å². The molecule has 0 bridgehead atoms. The molecule has 2 N–H and O–H groups in total. The maximum Gasteiger partial charge on any atom is 0.220 e. The van der Waals surface area contributed by atoms with E-state index in [0.29, 0.717) is 23.0 Å². The van der Waals surface area contributed by atoms with Gasteiger partial charge in [-0.15, -0.1) is 0 Å². The lowest BCUT2D eigenvalue weighted by Crippen LogP contribution is -2.48. The van der Waals surface area contributed by atoms with Gasteiger partial charge in [0.1, 0.15) is 0 Å². The third-order valence-corrected chi connectivity index (χ3v) is 8.71. The zero-order valence-electron chi connectivity index (χ0n) is 16.9. The number of rotatable bonds is 1. The summed E-state index contributed by atoms with van der Waals surface area (Å²) in [6.45, 7) is 0. The Kier molecular flexibility index (Phi) is 4.05. The van der Waals surface area contributed by atoms with Gasteiger partial charge in [0.25, 0.3) is 0 Å². The number of hydroxylamine groups is 2. The van der Waals surface area contributed by atoms with Crippen LogP contribution < -0.4 is 5.73 Å². The molecule has 154 valence electrons. The van der Waals surface area contributed by atoms with Crippen LogP contribution in [0.2, 0.25) is 0 Å². The molecular weight excluding hydrogens is 396 g/mol. The predicted molar refractivity (Wildman–Crippen MR) is 119 cm³/mol. The molecule has 0 amide bonds. The number of aliphatic imine (C=N–C) groups is 1. The van der Waals surface area contributed by atoms with Gasteiger partial charge in [-0.25, -0.2) is 14.9 Å². The molecule has 2 spiro atoms. The Hall–Kier alpha value is -2.82. The number of nitrogens with two attached hydrogens (primary N) is 1. The first kappa shape index (κ1) is 19.2. The van der Waals surface area contributed by atoms with Crippen molar-refractivity contribution >= 4 is 21.4 Å². The fourth-order valence-electron chi connectivity index (χ4n) is 5.09. The van der Waals surface area contributed by atoms with Crippen LogP contribution in [0.3, 0.4) is 0 Å². The second-order valence-corrected chi connectivity index (χ2v) is 11.3. The molecule has 6 nitrogen and oxygen atoms in total. The molecule has 1 atom stereocenters. The van der Waals surface area contributed by atoms with Crippen molar-refractivity contribution in [2.45, 2.75) is 25.0 Å². The van der Waals surface area contributed by atoms with Crippen molar-refractivity contribution in [1.29, 1.82) is 5.26 Å². The number of benzene rings is 2. The Morgan fingerprint density at radius 2 is 1.97 bits per heavy atom. The molecule has 1 unspecified atom stereocenters. The quantitative estimate of drug-likeness (QED) is 0.716. The molecule has 2 aromatic rings. The Labute approximate surface area is 176 Å². The molecule has 30 heavy (non-hydrogen) atoms. The van der Waals surface area contributed by atoms with E-state index in [0.717, 1.165) is 36.0 Å². The van der Waals surface area contributed by atoms with E-state index in [2.05, 4.69) is 30.1 Å². The van der Waals surface area contributed by atoms with E-state index in [-0.39, 0.29) is 5.41 Å². The Morgan fingerprint density at radius 1 is 1.23 bits per heavy atom. The Balaban J connectivity index is 1.66. The summed E-state index contributed by atoms with van der Waals surface area (Å²) in [5.41, 5.74) is 9.74. The molecule has 0 saturated carbocycles. The van der Waals surface area contributed by atoms with Crippen molar-refractivity contribution in [3.05, 3.63) is 59.2 Å². The molecule has 1 fully saturated rings. The van der Waals surface area contributed by atoms with Gasteiger partial charge < -0.3 is 5.73 Å². The highest BCUT2D eigenvalue weighted by atomic mass is 32.2. The average Bonchev–Trinajstić information content (AvgIpc) is 3.18. The maximum atomic E-state index is 12.6. The summed E-state index contributed by atoms with van der Waals surface area (Å²) in [4.78, 5) is 11.3. The van der Waals surface area contributed by atoms with Crippen molar-refractivity contribution in [3.8, 4) is 17.2 Å². The minimum atomic E-state index is -2.05. The average molecular weight is 421 g/mol. The van der Waals surface area contributed by atoms with Crippen LogP contribution in [0.15, 0.2) is 47.5 Å². The summed E-state index contributed by atoms with van der Waals surface area (Å²) < 4.78 is 12.6. The zero-order chi connectivity index (χ0) is 21.1. The molecule has 5 rings (SSSR count). The smallest absolute Gasteiger partial charge is 0.220 e. The third kappa shape index (κ3) is 2.68. The maximum absolute atomic E-state index is 12.6. The summed E-state index contributed by atoms with van der Waals surface area (Å²) in [5.74, 6) is 5.43. The molecule has 0 radical (unpaired) electrons. The minimum absolute atomic E-state index is 0.295. The van der Waals surface area contributed by atoms with Crippen molar-refractivity contribution in [3.63, 3.8) is 0 Å². The van der Waals surface area contributed by atoms with Gasteiger partial charge in [0.05, 0.1) is 11.6 Å². The standard InChI is InChI=1S/C23H24N4O2S/c1-27-21(25)26-23(29-27)20-13-18(17-5-3-4-16(12-17)15-24)6-7-19(20)14-22(23)8-10-30(2,28)11-9-22/h3-7,12-13H,2,8-11,14H2,1H3,(H2,25,26). The zero-order valence-corrected chi connectivity index (χ0v) is 17.7. The van der Waals surface area contributed by atoms with Crippen LogP contribution in [0.4, 0.5) is 0 Å². The van der Waals surface area contributed by atoms with Crippen molar-refractivity contribution in [2.24, 2.45) is 16.1 Å². The Morgan fingerprint density at radius 3 is 2.63 bits per heavy atom. The summed E-state index contributed by atoms with van der Waals surface area (Å²) in [6, 6.07) is 16.1. The second kappa shape index (κ2) is 6.34. The first-order chi connectivity index (χ1) is 14.3. The summed E-state index contributed by atoms with van der Waals surface area (Å²) in [6.07, 6.45) is 2.27. The summed E-state index contributed by atoms with van der Waals surface area (Å²) in [5, 5.41) is 10.8. The SMILES string of the molecule is C=S1(=O)CCC2(CC1)Cc1ccc(-c3cccc(C#N)c3)cc1C21N=C(N)N(C)O1. The highest BCUT2D eigenvalue weighted by Gasteiger charge is 2.63. The van der Waals surface area contributed by atoms with E-state index in [1.807, 2.05) is 18.2 Å². The van der Waals surface area contributed by atoms with E-state index >= 15 is 0 Å². The molecule has 1 saturated heterocycles. The van der Waals surface area contributed by atoms with Crippen LogP contribution >= 0.6 is 0 Å². The van der Waals surface area contributed by atoms with Crippen molar-refractivity contribution < 1.29 is 9.05 Å². The number of nitriles is 1. The van der Waals surface area contributed by atoms with Crippen LogP contribution in [0.5, 0.6) is 0 Å². The highest BCUT2D eigenvalue weighted by Crippen LogP contribution is 2.60. The van der Waals surface area contributed by atoms with Gasteiger partial charge in [-0.3, -0.25) is 4.21 Å². The third-order valence-electron chi connectivity index (χ3n) is 6.82. The topological polar surface area (TPSA) is 91.7 Å². The fourth-order valence-corrected chi connectivity index (χ4v) is 6.82. The largest absolute Gasteiger partial charge is 0.368 e. The van der Waals surface area contributed by atoms with Crippen LogP contribution in [0.25, 0.3) is 11.1 Å². The summed E-state index contributed by atoms with van der Waals surface area (Å²) in [7, 11) is -0.274. The molecular formula is C23H24N4O2S. The number of hydrogen-bond donors (Lipinski definition) is 1. The fraction of sp³-hybridized carbons (Fsp3) is 0.348. The van der Waals surface area contributed by atoms with Crippen LogP contribution in [-0.4, -0.2) is 39.7 Å². The molecule has 0 aromatic heterocycles. The number of fused-ring (bicyclic) bond motifs is 3. The lowest BCUT2D eigenvalue weighted by molar-refractivity contribution is -0.223. The van der Waals surface area contributed by atoms with E-state index in [1.54, 1.807) is 13.1 Å². The predicted octanol–water partition coefficient (Wildman–Crippen LogP) is 2.62. The molecule has 2 heterocycles. The number of hydrogen-bond acceptors (Lipinski definition) is 6. The number of nitrogens with zero attached hydrogens (tertiary/aromatic N) is 3. The molecule has 2 aromatic carbocycles. The highest BCUT2D eigenvalue weighted by molar-refractivity contribution is 8.00. The van der Waals surface area contributed by atoms with Gasteiger partial charge in [0, 0.05) is 29.5 Å². The van der Waals surface area contributed by atoms with Crippen LogP contribution in [0, 0.1) is 16.7 Å². The molecule has 1 aliphatic carbocycles. The lowest BCUT2D eigenvalue weighted by Gasteiger charge is -2.44. The Bertz CT molecular complexity index is 1210. The van der Waals surface area contributed by atoms with E-state index in [9.17, 15) is 9.47 Å². The van der Waals surface area contributed by atoms with E-state index < -0.39 is 15.2 Å².